The normalized spacial score (nSPS) is 11.2. The summed E-state index contributed by atoms with van der Waals surface area (Å²) in [6.45, 7) is 5.17. The van der Waals surface area contributed by atoms with E-state index in [2.05, 4.69) is 5.10 Å². The van der Waals surface area contributed by atoms with Gasteiger partial charge in [0.1, 0.15) is 0 Å². The van der Waals surface area contributed by atoms with Crippen molar-refractivity contribution >= 4 is 6.21 Å². The predicted octanol–water partition coefficient (Wildman–Crippen LogP) is -0.472. The molecule has 0 atom stereocenters. The highest BCUT2D eigenvalue weighted by molar-refractivity contribution is 5.80. The van der Waals surface area contributed by atoms with Gasteiger partial charge in [-0.1, -0.05) is 5.10 Å². The van der Waals surface area contributed by atoms with Crippen LogP contribution in [0.2, 0.25) is 0 Å². The van der Waals surface area contributed by atoms with Crippen LogP contribution in [0.15, 0.2) is 23.3 Å². The number of hydrogen-bond acceptors (Lipinski definition) is 3. The van der Waals surface area contributed by atoms with E-state index in [0.717, 1.165) is 17.1 Å². The maximum absolute atomic E-state index is 5.57. The maximum Gasteiger partial charge on any atom is 0.161 e. The van der Waals surface area contributed by atoms with Gasteiger partial charge >= 0.3 is 0 Å². The Morgan fingerprint density at radius 2 is 1.63 bits per heavy atom. The number of ether oxygens (including phenoxy) is 2. The summed E-state index contributed by atoms with van der Waals surface area (Å²) in [5.41, 5.74) is 1.01. The lowest BCUT2D eigenvalue weighted by molar-refractivity contribution is -0.876. The zero-order chi connectivity index (χ0) is 13.6. The van der Waals surface area contributed by atoms with Crippen LogP contribution in [0, 0.1) is 0 Å². The molecule has 1 rings (SSSR count). The fraction of sp³-hybridized carbons (Fsp3) is 0.500. The highest BCUT2D eigenvalue weighted by atomic mass is 127. The quantitative estimate of drug-likeness (QED) is 0.290. The SMILES string of the molecule is CCOc1ccc(/C=N\[N+](C)(C)C)cc1OCC.[I-]. The minimum absolute atomic E-state index is 0. The lowest BCUT2D eigenvalue weighted by Crippen LogP contribution is -3.00. The van der Waals surface area contributed by atoms with Crippen LogP contribution in [0.5, 0.6) is 11.5 Å². The molecule has 0 aliphatic carbocycles. The lowest BCUT2D eigenvalue weighted by atomic mass is 10.2. The molecule has 0 heterocycles. The van der Waals surface area contributed by atoms with E-state index in [1.807, 2.05) is 59.4 Å². The van der Waals surface area contributed by atoms with Crippen LogP contribution in [0.25, 0.3) is 0 Å². The molecule has 0 unspecified atom stereocenters. The molecule has 0 aliphatic rings. The minimum Gasteiger partial charge on any atom is -1.00 e. The van der Waals surface area contributed by atoms with Gasteiger partial charge in [-0.3, -0.25) is 0 Å². The molecule has 4 nitrogen and oxygen atoms in total. The van der Waals surface area contributed by atoms with Crippen LogP contribution >= 0.6 is 0 Å². The molecule has 0 radical (unpaired) electrons. The Bertz CT molecular complexity index is 414. The average molecular weight is 378 g/mol. The Labute approximate surface area is 133 Å². The van der Waals surface area contributed by atoms with E-state index in [1.54, 1.807) is 0 Å². The van der Waals surface area contributed by atoms with Crippen molar-refractivity contribution in [1.29, 1.82) is 0 Å². The van der Waals surface area contributed by atoms with Crippen LogP contribution in [-0.4, -0.2) is 45.2 Å². The summed E-state index contributed by atoms with van der Waals surface area (Å²) in [5, 5.41) is 4.42. The molecule has 0 fully saturated rings. The predicted molar refractivity (Wildman–Crippen MR) is 74.4 cm³/mol. The summed E-state index contributed by atoms with van der Waals surface area (Å²) in [5.74, 6) is 1.55. The second kappa shape index (κ2) is 8.37. The van der Waals surface area contributed by atoms with Gasteiger partial charge in [-0.05, 0) is 32.0 Å². The minimum atomic E-state index is 0. The van der Waals surface area contributed by atoms with Crippen molar-refractivity contribution in [2.24, 2.45) is 5.10 Å². The van der Waals surface area contributed by atoms with E-state index in [-0.39, 0.29) is 24.0 Å². The topological polar surface area (TPSA) is 30.8 Å². The van der Waals surface area contributed by atoms with Gasteiger partial charge < -0.3 is 33.5 Å². The molecule has 0 N–H and O–H groups in total. The average Bonchev–Trinajstić information content (AvgIpc) is 2.29. The Hall–Kier alpha value is -0.820. The van der Waals surface area contributed by atoms with Crippen molar-refractivity contribution in [1.82, 2.24) is 0 Å². The summed E-state index contributed by atoms with van der Waals surface area (Å²) in [7, 11) is 6.03. The Morgan fingerprint density at radius 1 is 1.05 bits per heavy atom. The molecule has 5 heteroatoms. The first-order valence-electron chi connectivity index (χ1n) is 6.23. The molecule has 0 amide bonds. The zero-order valence-electron chi connectivity index (χ0n) is 12.3. The molecule has 1 aromatic rings. The standard InChI is InChI=1S/C14H23N2O2.HI/c1-6-17-13-9-8-12(10-14(13)18-7-2)11-15-16(3,4)5;/h8-11H,6-7H2,1-5H3;1H/q+1;/p-1/b15-11-;. The number of hydrogen-bond donors (Lipinski definition) is 0. The number of quaternary nitrogens is 1. The highest BCUT2D eigenvalue weighted by Crippen LogP contribution is 2.28. The summed E-state index contributed by atoms with van der Waals surface area (Å²) in [6.07, 6.45) is 1.85. The largest absolute Gasteiger partial charge is 1.00 e. The first-order chi connectivity index (χ1) is 8.46. The van der Waals surface area contributed by atoms with Crippen molar-refractivity contribution in [2.45, 2.75) is 13.8 Å². The molecule has 0 saturated heterocycles. The first kappa shape index (κ1) is 18.2. The highest BCUT2D eigenvalue weighted by Gasteiger charge is 2.07. The van der Waals surface area contributed by atoms with Gasteiger partial charge in [0.25, 0.3) is 0 Å². The van der Waals surface area contributed by atoms with Gasteiger partial charge in [-0.25, -0.2) is 4.59 Å². The molecular formula is C14H23IN2O2. The van der Waals surface area contributed by atoms with Gasteiger partial charge in [0, 0.05) is 5.56 Å². The molecular weight excluding hydrogens is 355 g/mol. The van der Waals surface area contributed by atoms with E-state index < -0.39 is 0 Å². The van der Waals surface area contributed by atoms with Gasteiger partial charge in [-0.15, -0.1) is 0 Å². The molecule has 0 saturated carbocycles. The van der Waals surface area contributed by atoms with Crippen LogP contribution in [-0.2, 0) is 0 Å². The third kappa shape index (κ3) is 6.77. The first-order valence-corrected chi connectivity index (χ1v) is 6.23. The third-order valence-electron chi connectivity index (χ3n) is 2.12. The van der Waals surface area contributed by atoms with Crippen molar-refractivity contribution in [3.8, 4) is 11.5 Å². The second-order valence-electron chi connectivity index (χ2n) is 4.76. The zero-order valence-corrected chi connectivity index (χ0v) is 14.5. The van der Waals surface area contributed by atoms with Gasteiger partial charge in [-0.2, -0.15) is 0 Å². The summed E-state index contributed by atoms with van der Waals surface area (Å²) >= 11 is 0. The van der Waals surface area contributed by atoms with E-state index in [9.17, 15) is 0 Å². The Morgan fingerprint density at radius 3 is 2.16 bits per heavy atom. The summed E-state index contributed by atoms with van der Waals surface area (Å²) in [4.78, 5) is 0. The van der Waals surface area contributed by atoms with Gasteiger partial charge in [0.05, 0.1) is 40.6 Å². The van der Waals surface area contributed by atoms with Crippen LogP contribution in [0.4, 0.5) is 0 Å². The number of nitrogens with zero attached hydrogens (tertiary/aromatic N) is 2. The van der Waals surface area contributed by atoms with Crippen molar-refractivity contribution < 1.29 is 38.0 Å². The fourth-order valence-corrected chi connectivity index (χ4v) is 1.39. The lowest BCUT2D eigenvalue weighted by Gasteiger charge is -2.15. The molecule has 108 valence electrons. The number of benzene rings is 1. The number of rotatable bonds is 6. The smallest absolute Gasteiger partial charge is 0.161 e. The second-order valence-corrected chi connectivity index (χ2v) is 4.76. The molecule has 0 aliphatic heterocycles. The molecule has 1 aromatic carbocycles. The fourth-order valence-electron chi connectivity index (χ4n) is 1.39. The van der Waals surface area contributed by atoms with Crippen LogP contribution in [0.3, 0.4) is 0 Å². The van der Waals surface area contributed by atoms with Crippen molar-refractivity contribution in [3.05, 3.63) is 23.8 Å². The molecule has 0 spiro atoms. The summed E-state index contributed by atoms with van der Waals surface area (Å²) in [6, 6.07) is 5.85. The maximum atomic E-state index is 5.57. The number of halogens is 1. The third-order valence-corrected chi connectivity index (χ3v) is 2.12. The van der Waals surface area contributed by atoms with E-state index >= 15 is 0 Å². The van der Waals surface area contributed by atoms with Crippen molar-refractivity contribution in [2.75, 3.05) is 34.4 Å². The van der Waals surface area contributed by atoms with Gasteiger partial charge in [0.2, 0.25) is 0 Å². The van der Waals surface area contributed by atoms with Crippen molar-refractivity contribution in [3.63, 3.8) is 0 Å². The molecule has 0 aromatic heterocycles. The Balaban J connectivity index is 0.00000324. The van der Waals surface area contributed by atoms with Crippen LogP contribution < -0.4 is 33.5 Å². The van der Waals surface area contributed by atoms with E-state index in [0.29, 0.717) is 17.8 Å². The monoisotopic (exact) mass is 378 g/mol. The molecule has 0 bridgehead atoms. The summed E-state index contributed by atoms with van der Waals surface area (Å²) < 4.78 is 11.6. The van der Waals surface area contributed by atoms with E-state index in [4.69, 9.17) is 9.47 Å². The van der Waals surface area contributed by atoms with E-state index in [1.165, 1.54) is 0 Å². The van der Waals surface area contributed by atoms with Crippen LogP contribution in [0.1, 0.15) is 19.4 Å². The molecule has 19 heavy (non-hydrogen) atoms. The van der Waals surface area contributed by atoms with Gasteiger partial charge in [0.15, 0.2) is 11.5 Å². The Kier molecular flexibility index (Phi) is 8.01.